The molecule has 1 saturated heterocycles. The fourth-order valence-electron chi connectivity index (χ4n) is 2.83. The molecule has 4 nitrogen and oxygen atoms in total. The maximum Gasteiger partial charge on any atom is 0.205 e. The average molecular weight is 339 g/mol. The minimum absolute atomic E-state index is 0.613. The predicted molar refractivity (Wildman–Crippen MR) is 91.9 cm³/mol. The molecule has 0 N–H and O–H groups in total. The first-order chi connectivity index (χ1) is 10.7. The van der Waals surface area contributed by atoms with Crippen LogP contribution in [0.1, 0.15) is 12.5 Å². The van der Waals surface area contributed by atoms with Gasteiger partial charge in [-0.2, -0.15) is 0 Å². The van der Waals surface area contributed by atoms with E-state index in [1.54, 1.807) is 0 Å². The van der Waals surface area contributed by atoms with Gasteiger partial charge < -0.3 is 9.47 Å². The normalized spacial score (nSPS) is 16.2. The Labute approximate surface area is 141 Å². The lowest BCUT2D eigenvalue weighted by Gasteiger charge is -2.35. The van der Waals surface area contributed by atoms with Gasteiger partial charge in [-0.05, 0) is 24.6 Å². The van der Waals surface area contributed by atoms with Crippen molar-refractivity contribution in [2.24, 2.45) is 0 Å². The molecule has 0 unspecified atom stereocenters. The number of hydrogen-bond acceptors (Lipinski definition) is 3. The third-order valence-electron chi connectivity index (χ3n) is 4.08. The molecule has 1 aliphatic heterocycles. The monoisotopic (exact) mass is 338 g/mol. The number of hydrogen-bond donors (Lipinski definition) is 0. The van der Waals surface area contributed by atoms with E-state index in [2.05, 4.69) is 26.3 Å². The molecule has 118 valence electrons. The van der Waals surface area contributed by atoms with Gasteiger partial charge >= 0.3 is 0 Å². The topological polar surface area (TPSA) is 24.3 Å². The third kappa shape index (κ3) is 3.40. The number of rotatable bonds is 4. The smallest absolute Gasteiger partial charge is 0.205 e. The van der Waals surface area contributed by atoms with Gasteiger partial charge in [0.2, 0.25) is 5.95 Å². The van der Waals surface area contributed by atoms with E-state index < -0.39 is 0 Å². The van der Waals surface area contributed by atoms with Crippen LogP contribution in [0.2, 0.25) is 10.0 Å². The zero-order valence-electron chi connectivity index (χ0n) is 12.7. The van der Waals surface area contributed by atoms with Crippen molar-refractivity contribution in [1.82, 2.24) is 14.5 Å². The molecule has 3 rings (SSSR count). The summed E-state index contributed by atoms with van der Waals surface area (Å²) in [7, 11) is 0. The van der Waals surface area contributed by atoms with Gasteiger partial charge in [0, 0.05) is 51.7 Å². The fourth-order valence-corrected chi connectivity index (χ4v) is 3.15. The molecule has 0 bridgehead atoms. The molecular formula is C16H20Cl2N4. The van der Waals surface area contributed by atoms with Crippen molar-refractivity contribution in [3.05, 3.63) is 46.2 Å². The SMILES string of the molecule is CCn1ccnc1N1CCN(Cc2ccc(Cl)c(Cl)c2)CC1. The summed E-state index contributed by atoms with van der Waals surface area (Å²) in [4.78, 5) is 9.28. The molecule has 0 aliphatic carbocycles. The molecule has 2 heterocycles. The van der Waals surface area contributed by atoms with Crippen LogP contribution in [-0.4, -0.2) is 40.6 Å². The number of imidazole rings is 1. The van der Waals surface area contributed by atoms with Crippen molar-refractivity contribution in [3.63, 3.8) is 0 Å². The van der Waals surface area contributed by atoms with E-state index >= 15 is 0 Å². The van der Waals surface area contributed by atoms with E-state index in [1.165, 1.54) is 5.56 Å². The summed E-state index contributed by atoms with van der Waals surface area (Å²) in [5, 5.41) is 1.24. The highest BCUT2D eigenvalue weighted by molar-refractivity contribution is 6.42. The molecule has 1 fully saturated rings. The van der Waals surface area contributed by atoms with Crippen LogP contribution in [-0.2, 0) is 13.1 Å². The average Bonchev–Trinajstić information content (AvgIpc) is 3.00. The number of piperazine rings is 1. The largest absolute Gasteiger partial charge is 0.340 e. The van der Waals surface area contributed by atoms with E-state index in [9.17, 15) is 0 Å². The number of aromatic nitrogens is 2. The number of aryl methyl sites for hydroxylation is 1. The van der Waals surface area contributed by atoms with Gasteiger partial charge in [0.15, 0.2) is 0 Å². The van der Waals surface area contributed by atoms with Crippen molar-refractivity contribution >= 4 is 29.2 Å². The van der Waals surface area contributed by atoms with Crippen LogP contribution < -0.4 is 4.90 Å². The molecule has 6 heteroatoms. The standard InChI is InChI=1S/C16H20Cl2N4/c1-2-21-6-5-19-16(21)22-9-7-20(8-10-22)12-13-3-4-14(17)15(18)11-13/h3-6,11H,2,7-10,12H2,1H3. The molecule has 1 aromatic heterocycles. The number of nitrogens with zero attached hydrogens (tertiary/aromatic N) is 4. The zero-order chi connectivity index (χ0) is 15.5. The van der Waals surface area contributed by atoms with Gasteiger partial charge in [-0.1, -0.05) is 29.3 Å². The van der Waals surface area contributed by atoms with Crippen LogP contribution >= 0.6 is 23.2 Å². The van der Waals surface area contributed by atoms with Gasteiger partial charge in [0.05, 0.1) is 10.0 Å². The summed E-state index contributed by atoms with van der Waals surface area (Å²) in [5.41, 5.74) is 1.21. The van der Waals surface area contributed by atoms with Gasteiger partial charge in [0.25, 0.3) is 0 Å². The van der Waals surface area contributed by atoms with Crippen molar-refractivity contribution < 1.29 is 0 Å². The second-order valence-electron chi connectivity index (χ2n) is 5.52. The van der Waals surface area contributed by atoms with Gasteiger partial charge in [-0.15, -0.1) is 0 Å². The lowest BCUT2D eigenvalue weighted by Crippen LogP contribution is -2.46. The molecule has 1 aliphatic rings. The summed E-state index contributed by atoms with van der Waals surface area (Å²) >= 11 is 12.1. The maximum absolute atomic E-state index is 6.09. The van der Waals surface area contributed by atoms with Crippen LogP contribution in [0.4, 0.5) is 5.95 Å². The lowest BCUT2D eigenvalue weighted by molar-refractivity contribution is 0.248. The van der Waals surface area contributed by atoms with E-state index in [4.69, 9.17) is 23.2 Å². The second-order valence-corrected chi connectivity index (χ2v) is 6.34. The van der Waals surface area contributed by atoms with Crippen LogP contribution in [0.5, 0.6) is 0 Å². The minimum Gasteiger partial charge on any atom is -0.340 e. The molecule has 2 aromatic rings. The van der Waals surface area contributed by atoms with Crippen molar-refractivity contribution in [3.8, 4) is 0 Å². The van der Waals surface area contributed by atoms with Gasteiger partial charge in [-0.3, -0.25) is 4.90 Å². The highest BCUT2D eigenvalue weighted by Gasteiger charge is 2.20. The second kappa shape index (κ2) is 6.90. The Morgan fingerprint density at radius 1 is 1.09 bits per heavy atom. The van der Waals surface area contributed by atoms with Crippen LogP contribution in [0.25, 0.3) is 0 Å². The van der Waals surface area contributed by atoms with E-state index in [0.29, 0.717) is 10.0 Å². The quantitative estimate of drug-likeness (QED) is 0.852. The fraction of sp³-hybridized carbons (Fsp3) is 0.438. The Morgan fingerprint density at radius 3 is 2.55 bits per heavy atom. The molecule has 0 radical (unpaired) electrons. The van der Waals surface area contributed by atoms with Crippen LogP contribution in [0.15, 0.2) is 30.6 Å². The first-order valence-electron chi connectivity index (χ1n) is 7.59. The maximum atomic E-state index is 6.09. The molecule has 22 heavy (non-hydrogen) atoms. The summed E-state index contributed by atoms with van der Waals surface area (Å²) < 4.78 is 2.19. The predicted octanol–water partition coefficient (Wildman–Crippen LogP) is 3.53. The van der Waals surface area contributed by atoms with E-state index in [0.717, 1.165) is 45.2 Å². The summed E-state index contributed by atoms with van der Waals surface area (Å²) in [6, 6.07) is 5.87. The molecule has 0 saturated carbocycles. The number of benzene rings is 1. The van der Waals surface area contributed by atoms with Gasteiger partial charge in [0.1, 0.15) is 0 Å². The lowest BCUT2D eigenvalue weighted by atomic mass is 10.2. The first-order valence-corrected chi connectivity index (χ1v) is 8.35. The molecular weight excluding hydrogens is 319 g/mol. The zero-order valence-corrected chi connectivity index (χ0v) is 14.2. The first kappa shape index (κ1) is 15.7. The molecule has 0 atom stereocenters. The summed E-state index contributed by atoms with van der Waals surface area (Å²) in [6.07, 6.45) is 3.92. The highest BCUT2D eigenvalue weighted by atomic mass is 35.5. The molecule has 0 spiro atoms. The highest BCUT2D eigenvalue weighted by Crippen LogP contribution is 2.23. The van der Waals surface area contributed by atoms with Crippen LogP contribution in [0, 0.1) is 0 Å². The van der Waals surface area contributed by atoms with E-state index in [1.807, 2.05) is 30.6 Å². The summed E-state index contributed by atoms with van der Waals surface area (Å²) in [5.74, 6) is 1.08. The molecule has 0 amide bonds. The van der Waals surface area contributed by atoms with Gasteiger partial charge in [-0.25, -0.2) is 4.98 Å². The summed E-state index contributed by atoms with van der Waals surface area (Å²) in [6.45, 7) is 8.06. The van der Waals surface area contributed by atoms with Crippen molar-refractivity contribution in [1.29, 1.82) is 0 Å². The Hall–Kier alpha value is -1.23. The number of halogens is 2. The van der Waals surface area contributed by atoms with Crippen molar-refractivity contribution in [2.45, 2.75) is 20.0 Å². The Balaban J connectivity index is 1.58. The van der Waals surface area contributed by atoms with Crippen molar-refractivity contribution in [2.75, 3.05) is 31.1 Å². The number of anilines is 1. The third-order valence-corrected chi connectivity index (χ3v) is 4.82. The minimum atomic E-state index is 0.613. The molecule has 1 aromatic carbocycles. The van der Waals surface area contributed by atoms with E-state index in [-0.39, 0.29) is 0 Å². The Bertz CT molecular complexity index is 633. The Kier molecular flexibility index (Phi) is 4.91. The van der Waals surface area contributed by atoms with Crippen LogP contribution in [0.3, 0.4) is 0 Å². The Morgan fingerprint density at radius 2 is 1.86 bits per heavy atom.